The maximum absolute atomic E-state index is 11.4. The Morgan fingerprint density at radius 3 is 2.76 bits per heavy atom. The van der Waals surface area contributed by atoms with Crippen LogP contribution in [-0.4, -0.2) is 17.9 Å². The summed E-state index contributed by atoms with van der Waals surface area (Å²) in [5, 5.41) is 1.96. The van der Waals surface area contributed by atoms with Crippen LogP contribution in [0.1, 0.15) is 15.9 Å². The molecule has 3 nitrogen and oxygen atoms in total. The van der Waals surface area contributed by atoms with E-state index >= 15 is 0 Å². The maximum Gasteiger partial charge on any atom is 0.154 e. The molecule has 0 fully saturated rings. The summed E-state index contributed by atoms with van der Waals surface area (Å²) in [6, 6.07) is 15.6. The molecule has 3 heteroatoms. The Balaban J connectivity index is 1.79. The van der Waals surface area contributed by atoms with Crippen LogP contribution in [0, 0.1) is 0 Å². The molecule has 1 aromatic heterocycles. The fourth-order valence-corrected chi connectivity index (χ4v) is 2.35. The summed E-state index contributed by atoms with van der Waals surface area (Å²) in [6.07, 6.45) is 5.20. The van der Waals surface area contributed by atoms with Crippen molar-refractivity contribution in [2.24, 2.45) is 0 Å². The molecule has 21 heavy (non-hydrogen) atoms. The van der Waals surface area contributed by atoms with E-state index in [1.54, 1.807) is 6.20 Å². The number of hydrogen-bond donors (Lipinski definition) is 0. The molecule has 0 aliphatic heterocycles. The Morgan fingerprint density at radius 1 is 1.05 bits per heavy atom. The van der Waals surface area contributed by atoms with Gasteiger partial charge in [0.15, 0.2) is 6.29 Å². The summed E-state index contributed by atoms with van der Waals surface area (Å²) in [7, 11) is 0. The van der Waals surface area contributed by atoms with Gasteiger partial charge in [-0.25, -0.2) is 0 Å². The lowest BCUT2D eigenvalue weighted by molar-refractivity contribution is 0.112. The molecule has 0 spiro atoms. The second-order valence-electron chi connectivity index (χ2n) is 4.78. The molecule has 0 radical (unpaired) electrons. The summed E-state index contributed by atoms with van der Waals surface area (Å²) in [5.41, 5.74) is 1.73. The van der Waals surface area contributed by atoms with Crippen molar-refractivity contribution in [2.75, 3.05) is 6.61 Å². The summed E-state index contributed by atoms with van der Waals surface area (Å²) >= 11 is 0. The molecular weight excluding hydrogens is 262 g/mol. The van der Waals surface area contributed by atoms with E-state index in [0.29, 0.717) is 17.9 Å². The number of rotatable bonds is 5. The molecule has 0 saturated heterocycles. The quantitative estimate of drug-likeness (QED) is 0.668. The second-order valence-corrected chi connectivity index (χ2v) is 4.78. The van der Waals surface area contributed by atoms with Crippen LogP contribution in [-0.2, 0) is 6.42 Å². The maximum atomic E-state index is 11.4. The first-order valence-corrected chi connectivity index (χ1v) is 6.87. The Bertz CT molecular complexity index is 754. The van der Waals surface area contributed by atoms with Gasteiger partial charge in [0, 0.05) is 18.8 Å². The SMILES string of the molecule is O=Cc1c(OCCc2cccnc2)ccc2ccccc12. The minimum atomic E-state index is 0.519. The molecule has 0 bridgehead atoms. The molecule has 0 N–H and O–H groups in total. The highest BCUT2D eigenvalue weighted by molar-refractivity contribution is 6.00. The number of carbonyl (C=O) groups is 1. The van der Waals surface area contributed by atoms with E-state index in [9.17, 15) is 4.79 Å². The van der Waals surface area contributed by atoms with Crippen molar-refractivity contribution in [2.45, 2.75) is 6.42 Å². The van der Waals surface area contributed by atoms with E-state index < -0.39 is 0 Å². The fraction of sp³-hybridized carbons (Fsp3) is 0.111. The number of carbonyl (C=O) groups excluding carboxylic acids is 1. The van der Waals surface area contributed by atoms with Gasteiger partial charge in [-0.1, -0.05) is 36.4 Å². The van der Waals surface area contributed by atoms with Crippen LogP contribution < -0.4 is 4.74 Å². The molecule has 0 aliphatic carbocycles. The average Bonchev–Trinajstić information content (AvgIpc) is 2.55. The van der Waals surface area contributed by atoms with Crippen molar-refractivity contribution < 1.29 is 9.53 Å². The standard InChI is InChI=1S/C18H15NO2/c20-13-17-16-6-2-1-5-15(16)7-8-18(17)21-11-9-14-4-3-10-19-12-14/h1-8,10,12-13H,9,11H2. The number of aromatic nitrogens is 1. The van der Waals surface area contributed by atoms with Crippen LogP contribution in [0.15, 0.2) is 60.9 Å². The number of pyridine rings is 1. The van der Waals surface area contributed by atoms with Crippen molar-refractivity contribution in [3.8, 4) is 5.75 Å². The van der Waals surface area contributed by atoms with E-state index in [-0.39, 0.29) is 0 Å². The summed E-state index contributed by atoms with van der Waals surface area (Å²) in [4.78, 5) is 15.5. The summed E-state index contributed by atoms with van der Waals surface area (Å²) < 4.78 is 5.78. The van der Waals surface area contributed by atoms with E-state index in [2.05, 4.69) is 4.98 Å². The van der Waals surface area contributed by atoms with Crippen molar-refractivity contribution >= 4 is 17.1 Å². The Kier molecular flexibility index (Phi) is 3.92. The predicted molar refractivity (Wildman–Crippen MR) is 82.8 cm³/mol. The first kappa shape index (κ1) is 13.3. The molecule has 0 atom stereocenters. The van der Waals surface area contributed by atoms with Crippen molar-refractivity contribution in [3.63, 3.8) is 0 Å². The Labute approximate surface area is 123 Å². The monoisotopic (exact) mass is 277 g/mol. The third-order valence-corrected chi connectivity index (χ3v) is 3.42. The third-order valence-electron chi connectivity index (χ3n) is 3.42. The van der Waals surface area contributed by atoms with Crippen LogP contribution in [0.4, 0.5) is 0 Å². The van der Waals surface area contributed by atoms with Crippen molar-refractivity contribution in [1.82, 2.24) is 4.98 Å². The number of hydrogen-bond acceptors (Lipinski definition) is 3. The van der Waals surface area contributed by atoms with Gasteiger partial charge in [-0.3, -0.25) is 9.78 Å². The van der Waals surface area contributed by atoms with Crippen molar-refractivity contribution in [1.29, 1.82) is 0 Å². The van der Waals surface area contributed by atoms with E-state index in [1.165, 1.54) is 0 Å². The van der Waals surface area contributed by atoms with Gasteiger partial charge >= 0.3 is 0 Å². The lowest BCUT2D eigenvalue weighted by Gasteiger charge is -2.10. The fourth-order valence-electron chi connectivity index (χ4n) is 2.35. The number of fused-ring (bicyclic) bond motifs is 1. The highest BCUT2D eigenvalue weighted by atomic mass is 16.5. The van der Waals surface area contributed by atoms with Crippen LogP contribution in [0.25, 0.3) is 10.8 Å². The van der Waals surface area contributed by atoms with E-state index in [0.717, 1.165) is 29.0 Å². The van der Waals surface area contributed by atoms with Gasteiger partial charge < -0.3 is 4.74 Å². The second kappa shape index (κ2) is 6.18. The topological polar surface area (TPSA) is 39.2 Å². The van der Waals surface area contributed by atoms with Gasteiger partial charge in [-0.05, 0) is 28.5 Å². The normalized spacial score (nSPS) is 10.5. The van der Waals surface area contributed by atoms with E-state index in [4.69, 9.17) is 4.74 Å². The molecule has 3 rings (SSSR count). The number of ether oxygens (including phenoxy) is 1. The zero-order valence-corrected chi connectivity index (χ0v) is 11.5. The summed E-state index contributed by atoms with van der Waals surface area (Å²) in [5.74, 6) is 0.632. The van der Waals surface area contributed by atoms with Crippen LogP contribution in [0.2, 0.25) is 0 Å². The lowest BCUT2D eigenvalue weighted by atomic mass is 10.0. The zero-order valence-electron chi connectivity index (χ0n) is 11.5. The predicted octanol–water partition coefficient (Wildman–Crippen LogP) is 3.67. The molecule has 3 aromatic rings. The Hall–Kier alpha value is -2.68. The van der Waals surface area contributed by atoms with Gasteiger partial charge in [-0.15, -0.1) is 0 Å². The molecule has 2 aromatic carbocycles. The van der Waals surface area contributed by atoms with Gasteiger partial charge in [0.25, 0.3) is 0 Å². The Morgan fingerprint density at radius 2 is 1.95 bits per heavy atom. The number of aldehydes is 1. The van der Waals surface area contributed by atoms with Crippen LogP contribution >= 0.6 is 0 Å². The zero-order chi connectivity index (χ0) is 14.5. The molecule has 0 saturated carbocycles. The third kappa shape index (κ3) is 2.92. The van der Waals surface area contributed by atoms with Gasteiger partial charge in [-0.2, -0.15) is 0 Å². The van der Waals surface area contributed by atoms with Crippen LogP contribution in [0.3, 0.4) is 0 Å². The molecule has 0 aliphatic rings. The number of nitrogens with zero attached hydrogens (tertiary/aromatic N) is 1. The molecule has 104 valence electrons. The first-order chi connectivity index (χ1) is 10.4. The lowest BCUT2D eigenvalue weighted by Crippen LogP contribution is -2.03. The van der Waals surface area contributed by atoms with Crippen molar-refractivity contribution in [3.05, 3.63) is 72.1 Å². The minimum absolute atomic E-state index is 0.519. The van der Waals surface area contributed by atoms with Gasteiger partial charge in [0.05, 0.1) is 12.2 Å². The van der Waals surface area contributed by atoms with Crippen LogP contribution in [0.5, 0.6) is 5.75 Å². The average molecular weight is 277 g/mol. The smallest absolute Gasteiger partial charge is 0.154 e. The minimum Gasteiger partial charge on any atom is -0.492 e. The highest BCUT2D eigenvalue weighted by Gasteiger charge is 2.07. The molecule has 0 unspecified atom stereocenters. The largest absolute Gasteiger partial charge is 0.492 e. The molecular formula is C18H15NO2. The summed E-state index contributed by atoms with van der Waals surface area (Å²) in [6.45, 7) is 0.519. The number of benzene rings is 2. The molecule has 1 heterocycles. The molecule has 0 amide bonds. The highest BCUT2D eigenvalue weighted by Crippen LogP contribution is 2.26. The van der Waals surface area contributed by atoms with E-state index in [1.807, 2.05) is 54.7 Å². The van der Waals surface area contributed by atoms with Gasteiger partial charge in [0.2, 0.25) is 0 Å². The van der Waals surface area contributed by atoms with Gasteiger partial charge in [0.1, 0.15) is 5.75 Å². The first-order valence-electron chi connectivity index (χ1n) is 6.87.